The van der Waals surface area contributed by atoms with E-state index in [1.165, 1.54) is 25.3 Å². The Labute approximate surface area is 256 Å². The summed E-state index contributed by atoms with van der Waals surface area (Å²) >= 11 is 6.10. The van der Waals surface area contributed by atoms with Gasteiger partial charge in [0.15, 0.2) is 11.5 Å². The van der Waals surface area contributed by atoms with Crippen molar-refractivity contribution in [2.75, 3.05) is 7.11 Å². The number of hydrogen-bond donors (Lipinski definition) is 1. The van der Waals surface area contributed by atoms with Crippen LogP contribution in [0.2, 0.25) is 5.02 Å². The van der Waals surface area contributed by atoms with E-state index in [0.29, 0.717) is 49.9 Å². The Morgan fingerprint density at radius 1 is 1.05 bits per heavy atom. The normalized spacial score (nSPS) is 14.0. The first-order chi connectivity index (χ1) is 21.2. The Bertz CT molecular complexity index is 1990. The number of halogens is 2. The molecule has 1 unspecified atom stereocenters. The number of allylic oxidation sites excluding steroid dienone is 1. The molecule has 1 aliphatic heterocycles. The number of carbonyl (C=O) groups is 1. The highest BCUT2D eigenvalue weighted by molar-refractivity contribution is 6.31. The fraction of sp³-hybridized carbons (Fsp3) is 0.118. The molecule has 0 saturated heterocycles. The highest BCUT2D eigenvalue weighted by Gasteiger charge is 2.32. The Kier molecular flexibility index (Phi) is 7.60. The Hall–Kier alpha value is -5.46. The molecule has 0 spiro atoms. The van der Waals surface area contributed by atoms with Crippen molar-refractivity contribution in [3.8, 4) is 29.1 Å². The number of nitrogens with two attached hydrogens (primary N) is 1. The van der Waals surface area contributed by atoms with Gasteiger partial charge in [0.2, 0.25) is 11.6 Å². The van der Waals surface area contributed by atoms with E-state index in [-0.39, 0.29) is 35.4 Å². The molecular formula is C34H24ClFN2O6. The topological polar surface area (TPSA) is 117 Å². The number of ether oxygens (including phenoxy) is 4. The summed E-state index contributed by atoms with van der Waals surface area (Å²) in [5, 5.41) is 11.2. The van der Waals surface area contributed by atoms with Crippen LogP contribution in [0.4, 0.5) is 4.39 Å². The maximum absolute atomic E-state index is 13.3. The van der Waals surface area contributed by atoms with Gasteiger partial charge in [-0.2, -0.15) is 5.26 Å². The van der Waals surface area contributed by atoms with Crippen molar-refractivity contribution in [2.24, 2.45) is 5.73 Å². The van der Waals surface area contributed by atoms with Crippen LogP contribution in [0, 0.1) is 24.1 Å². The number of furan rings is 1. The summed E-state index contributed by atoms with van der Waals surface area (Å²) in [5.74, 6) is -0.227. The lowest BCUT2D eigenvalue weighted by atomic mass is 9.83. The lowest BCUT2D eigenvalue weighted by molar-refractivity contribution is 0.0702. The molecule has 4 aromatic carbocycles. The molecule has 0 aliphatic carbocycles. The molecule has 1 aromatic heterocycles. The number of methoxy groups -OCH3 is 1. The minimum absolute atomic E-state index is 0.0544. The number of esters is 1. The highest BCUT2D eigenvalue weighted by atomic mass is 35.5. The van der Waals surface area contributed by atoms with Gasteiger partial charge >= 0.3 is 5.97 Å². The van der Waals surface area contributed by atoms with E-state index in [9.17, 15) is 14.4 Å². The lowest BCUT2D eigenvalue weighted by Crippen LogP contribution is -2.21. The van der Waals surface area contributed by atoms with Gasteiger partial charge in [0.05, 0.1) is 13.0 Å². The SMILES string of the molecule is COc1cc(C2C(C#N)=C(N)Oc3cc(OC(=O)c4oc5ccc(Cl)cc5c4C)ccc32)ccc1OCc1ccc(F)cc1. The van der Waals surface area contributed by atoms with Gasteiger partial charge in [-0.25, -0.2) is 9.18 Å². The van der Waals surface area contributed by atoms with Gasteiger partial charge in [-0.15, -0.1) is 0 Å². The molecule has 220 valence electrons. The molecule has 0 fully saturated rings. The molecule has 10 heteroatoms. The van der Waals surface area contributed by atoms with E-state index >= 15 is 0 Å². The Morgan fingerprint density at radius 2 is 1.84 bits per heavy atom. The van der Waals surface area contributed by atoms with Crippen LogP contribution in [0.3, 0.4) is 0 Å². The van der Waals surface area contributed by atoms with Crippen LogP contribution in [-0.4, -0.2) is 13.1 Å². The van der Waals surface area contributed by atoms with Gasteiger partial charge in [-0.3, -0.25) is 0 Å². The molecule has 44 heavy (non-hydrogen) atoms. The smallest absolute Gasteiger partial charge is 0.379 e. The Morgan fingerprint density at radius 3 is 2.59 bits per heavy atom. The predicted molar refractivity (Wildman–Crippen MR) is 160 cm³/mol. The van der Waals surface area contributed by atoms with Crippen LogP contribution in [0.15, 0.2) is 94.7 Å². The van der Waals surface area contributed by atoms with E-state index in [1.54, 1.807) is 67.6 Å². The number of nitriles is 1. The van der Waals surface area contributed by atoms with Crippen LogP contribution in [0.25, 0.3) is 11.0 Å². The van der Waals surface area contributed by atoms with Gasteiger partial charge in [0, 0.05) is 27.6 Å². The quantitative estimate of drug-likeness (QED) is 0.148. The zero-order valence-electron chi connectivity index (χ0n) is 23.5. The fourth-order valence-electron chi connectivity index (χ4n) is 5.11. The summed E-state index contributed by atoms with van der Waals surface area (Å²) in [4.78, 5) is 13.1. The molecule has 5 aromatic rings. The maximum atomic E-state index is 13.3. The third-order valence-electron chi connectivity index (χ3n) is 7.31. The molecule has 1 aliphatic rings. The monoisotopic (exact) mass is 610 g/mol. The summed E-state index contributed by atoms with van der Waals surface area (Å²) < 4.78 is 41.9. The Balaban J connectivity index is 1.28. The van der Waals surface area contributed by atoms with Gasteiger partial charge < -0.3 is 29.1 Å². The number of benzene rings is 4. The van der Waals surface area contributed by atoms with Crippen LogP contribution < -0.4 is 24.7 Å². The molecule has 0 bridgehead atoms. The molecule has 1 atom stereocenters. The number of rotatable bonds is 7. The molecule has 0 radical (unpaired) electrons. The first-order valence-electron chi connectivity index (χ1n) is 13.4. The van der Waals surface area contributed by atoms with Crippen LogP contribution >= 0.6 is 11.6 Å². The minimum Gasteiger partial charge on any atom is -0.493 e. The second-order valence-electron chi connectivity index (χ2n) is 10.0. The number of hydrogen-bond acceptors (Lipinski definition) is 8. The average Bonchev–Trinajstić information content (AvgIpc) is 3.35. The highest BCUT2D eigenvalue weighted by Crippen LogP contribution is 2.45. The number of nitrogens with zero attached hydrogens (tertiary/aromatic N) is 1. The van der Waals surface area contributed by atoms with Crippen molar-refractivity contribution in [3.05, 3.63) is 129 Å². The number of aryl methyl sites for hydroxylation is 1. The molecular weight excluding hydrogens is 587 g/mol. The van der Waals surface area contributed by atoms with Crippen molar-refractivity contribution in [1.82, 2.24) is 0 Å². The lowest BCUT2D eigenvalue weighted by Gasteiger charge is -2.27. The van der Waals surface area contributed by atoms with E-state index in [1.807, 2.05) is 0 Å². The zero-order chi connectivity index (χ0) is 31.0. The van der Waals surface area contributed by atoms with Crippen molar-refractivity contribution in [1.29, 1.82) is 5.26 Å². The summed E-state index contributed by atoms with van der Waals surface area (Å²) in [7, 11) is 1.51. The van der Waals surface area contributed by atoms with Crippen LogP contribution in [0.5, 0.6) is 23.0 Å². The van der Waals surface area contributed by atoms with E-state index < -0.39 is 11.9 Å². The molecule has 8 nitrogen and oxygen atoms in total. The summed E-state index contributed by atoms with van der Waals surface area (Å²) in [6.45, 7) is 1.96. The fourth-order valence-corrected chi connectivity index (χ4v) is 5.28. The molecule has 0 amide bonds. The van der Waals surface area contributed by atoms with Gasteiger partial charge in [-0.1, -0.05) is 35.9 Å². The van der Waals surface area contributed by atoms with Gasteiger partial charge in [0.25, 0.3) is 0 Å². The van der Waals surface area contributed by atoms with Crippen LogP contribution in [0.1, 0.15) is 38.7 Å². The van der Waals surface area contributed by atoms with Crippen molar-refractivity contribution in [2.45, 2.75) is 19.4 Å². The third kappa shape index (κ3) is 5.39. The standard InChI is InChI=1S/C34H24ClFN2O6/c1-18-25-14-21(35)6-12-27(25)43-32(18)34(39)42-23-9-10-24-29(15-23)44-33(38)26(16-37)31(24)20-5-11-28(30(13-20)40-2)41-17-19-3-7-22(36)8-4-19/h3-15,31H,17,38H2,1-2H3. The zero-order valence-corrected chi connectivity index (χ0v) is 24.3. The summed E-state index contributed by atoms with van der Waals surface area (Å²) in [5.41, 5.74) is 9.63. The maximum Gasteiger partial charge on any atom is 0.379 e. The molecule has 6 rings (SSSR count). The van der Waals surface area contributed by atoms with E-state index in [4.69, 9.17) is 40.7 Å². The second-order valence-corrected chi connectivity index (χ2v) is 10.5. The van der Waals surface area contributed by atoms with Crippen molar-refractivity contribution in [3.63, 3.8) is 0 Å². The van der Waals surface area contributed by atoms with Crippen LogP contribution in [-0.2, 0) is 6.61 Å². The number of carbonyl (C=O) groups excluding carboxylic acids is 1. The summed E-state index contributed by atoms with van der Waals surface area (Å²) in [6, 6.07) is 23.4. The summed E-state index contributed by atoms with van der Waals surface area (Å²) in [6.07, 6.45) is 0. The van der Waals surface area contributed by atoms with Gasteiger partial charge in [-0.05, 0) is 66.6 Å². The molecule has 2 N–H and O–H groups in total. The number of fused-ring (bicyclic) bond motifs is 2. The minimum atomic E-state index is -0.690. The van der Waals surface area contributed by atoms with Gasteiger partial charge in [0.1, 0.15) is 41.1 Å². The largest absolute Gasteiger partial charge is 0.493 e. The van der Waals surface area contributed by atoms with E-state index in [0.717, 1.165) is 5.56 Å². The van der Waals surface area contributed by atoms with Crippen molar-refractivity contribution >= 4 is 28.5 Å². The van der Waals surface area contributed by atoms with E-state index in [2.05, 4.69) is 6.07 Å². The third-order valence-corrected chi connectivity index (χ3v) is 7.55. The van der Waals surface area contributed by atoms with Crippen molar-refractivity contribution < 1.29 is 32.5 Å². The predicted octanol–water partition coefficient (Wildman–Crippen LogP) is 7.56. The first kappa shape index (κ1) is 28.6. The molecule has 2 heterocycles. The second kappa shape index (κ2) is 11.7. The average molecular weight is 611 g/mol. The molecule has 0 saturated carbocycles. The first-order valence-corrected chi connectivity index (χ1v) is 13.8.